The molecule has 2 rings (SSSR count). The molecule has 116 valence electrons. The summed E-state index contributed by atoms with van der Waals surface area (Å²) >= 11 is 11.8. The van der Waals surface area contributed by atoms with E-state index in [0.717, 1.165) is 0 Å². The molecule has 0 spiro atoms. The van der Waals surface area contributed by atoms with E-state index in [9.17, 15) is 9.90 Å². The largest absolute Gasteiger partial charge is 0.497 e. The highest BCUT2D eigenvalue weighted by molar-refractivity contribution is 6.34. The number of ether oxygens (including phenoxy) is 2. The van der Waals surface area contributed by atoms with Gasteiger partial charge in [0.1, 0.15) is 11.5 Å². The number of carbonyl (C=O) groups is 1. The summed E-state index contributed by atoms with van der Waals surface area (Å²) in [4.78, 5) is 11.4. The fourth-order valence-corrected chi connectivity index (χ4v) is 2.51. The number of rotatable bonds is 6. The summed E-state index contributed by atoms with van der Waals surface area (Å²) in [5.74, 6) is 0.0501. The van der Waals surface area contributed by atoms with Crippen molar-refractivity contribution in [2.75, 3.05) is 7.11 Å². The van der Waals surface area contributed by atoms with Crippen molar-refractivity contribution in [2.45, 2.75) is 12.5 Å². The van der Waals surface area contributed by atoms with Crippen molar-refractivity contribution < 1.29 is 19.4 Å². The van der Waals surface area contributed by atoms with Gasteiger partial charge in [0.25, 0.3) is 0 Å². The van der Waals surface area contributed by atoms with Crippen molar-refractivity contribution >= 4 is 29.2 Å². The van der Waals surface area contributed by atoms with Crippen molar-refractivity contribution in [1.82, 2.24) is 0 Å². The summed E-state index contributed by atoms with van der Waals surface area (Å²) in [5, 5.41) is 10.2. The summed E-state index contributed by atoms with van der Waals surface area (Å²) < 4.78 is 10.6. The Morgan fingerprint density at radius 3 is 2.14 bits per heavy atom. The number of benzene rings is 2. The van der Waals surface area contributed by atoms with Crippen molar-refractivity contribution in [3.05, 3.63) is 58.1 Å². The molecular weight excluding hydrogens is 327 g/mol. The van der Waals surface area contributed by atoms with Gasteiger partial charge in [-0.1, -0.05) is 23.2 Å². The van der Waals surface area contributed by atoms with E-state index in [-0.39, 0.29) is 6.42 Å². The van der Waals surface area contributed by atoms with Gasteiger partial charge in [0.05, 0.1) is 7.11 Å². The van der Waals surface area contributed by atoms with E-state index >= 15 is 0 Å². The van der Waals surface area contributed by atoms with Gasteiger partial charge in [-0.05, 0) is 48.0 Å². The number of carboxylic acids is 1. The van der Waals surface area contributed by atoms with E-state index < -0.39 is 12.1 Å². The molecule has 0 aliphatic carbocycles. The minimum absolute atomic E-state index is 0.154. The maximum atomic E-state index is 11.4. The Labute approximate surface area is 138 Å². The van der Waals surface area contributed by atoms with Gasteiger partial charge in [0, 0.05) is 16.5 Å². The molecular formula is C16H14Cl2O4. The van der Waals surface area contributed by atoms with E-state index in [1.54, 1.807) is 49.6 Å². The van der Waals surface area contributed by atoms with E-state index in [1.165, 1.54) is 0 Å². The number of carboxylic acid groups (broad SMARTS) is 1. The van der Waals surface area contributed by atoms with Crippen LogP contribution in [0, 0.1) is 0 Å². The monoisotopic (exact) mass is 340 g/mol. The Bertz CT molecular complexity index is 635. The predicted molar refractivity (Wildman–Crippen MR) is 85.2 cm³/mol. The van der Waals surface area contributed by atoms with Crippen LogP contribution in [0.5, 0.6) is 11.5 Å². The first-order valence-electron chi connectivity index (χ1n) is 6.46. The normalized spacial score (nSPS) is 11.8. The molecule has 0 aliphatic heterocycles. The molecule has 0 radical (unpaired) electrons. The molecule has 1 unspecified atom stereocenters. The van der Waals surface area contributed by atoms with Crippen molar-refractivity contribution in [3.8, 4) is 11.5 Å². The van der Waals surface area contributed by atoms with Crippen LogP contribution < -0.4 is 9.47 Å². The van der Waals surface area contributed by atoms with Gasteiger partial charge < -0.3 is 14.6 Å². The molecule has 22 heavy (non-hydrogen) atoms. The van der Waals surface area contributed by atoms with Crippen LogP contribution in [0.2, 0.25) is 10.0 Å². The number of aliphatic carboxylic acids is 1. The lowest BCUT2D eigenvalue weighted by molar-refractivity contribution is -0.145. The summed E-state index contributed by atoms with van der Waals surface area (Å²) in [6.07, 6.45) is -0.885. The molecule has 4 nitrogen and oxygen atoms in total. The van der Waals surface area contributed by atoms with Crippen LogP contribution in [0.25, 0.3) is 0 Å². The van der Waals surface area contributed by atoms with Crippen LogP contribution in [0.3, 0.4) is 0 Å². The number of methoxy groups -OCH3 is 1. The Morgan fingerprint density at radius 2 is 1.64 bits per heavy atom. The van der Waals surface area contributed by atoms with Gasteiger partial charge in [0.2, 0.25) is 0 Å². The van der Waals surface area contributed by atoms with Crippen LogP contribution in [-0.2, 0) is 11.2 Å². The second-order valence-electron chi connectivity index (χ2n) is 4.60. The first-order valence-corrected chi connectivity index (χ1v) is 7.22. The van der Waals surface area contributed by atoms with Crippen molar-refractivity contribution in [2.24, 2.45) is 0 Å². The van der Waals surface area contributed by atoms with Crippen molar-refractivity contribution in [1.29, 1.82) is 0 Å². The minimum atomic E-state index is -1.06. The summed E-state index contributed by atoms with van der Waals surface area (Å²) in [5.41, 5.74) is 0.693. The third-order valence-corrected chi connectivity index (χ3v) is 3.39. The van der Waals surface area contributed by atoms with Gasteiger partial charge >= 0.3 is 5.97 Å². The molecule has 0 bridgehead atoms. The zero-order valence-corrected chi connectivity index (χ0v) is 13.3. The van der Waals surface area contributed by atoms with E-state index in [0.29, 0.717) is 27.1 Å². The Hall–Kier alpha value is -1.91. The highest BCUT2D eigenvalue weighted by atomic mass is 35.5. The second kappa shape index (κ2) is 7.38. The van der Waals surface area contributed by atoms with Gasteiger partial charge in [-0.15, -0.1) is 0 Å². The highest BCUT2D eigenvalue weighted by Crippen LogP contribution is 2.22. The van der Waals surface area contributed by atoms with Crippen LogP contribution in [-0.4, -0.2) is 24.3 Å². The molecule has 0 aliphatic rings. The topological polar surface area (TPSA) is 55.8 Å². The third kappa shape index (κ3) is 4.55. The molecule has 0 fully saturated rings. The smallest absolute Gasteiger partial charge is 0.345 e. The average Bonchev–Trinajstić information content (AvgIpc) is 2.46. The standard InChI is InChI=1S/C16H14Cl2O4/c1-21-13-2-4-14(5-3-13)22-15(16(19)20)8-10-6-11(17)9-12(18)7-10/h2-7,9,15H,8H2,1H3,(H,19,20). The molecule has 6 heteroatoms. The van der Waals surface area contributed by atoms with E-state index in [4.69, 9.17) is 32.7 Å². The van der Waals surface area contributed by atoms with Gasteiger partial charge in [-0.2, -0.15) is 0 Å². The van der Waals surface area contributed by atoms with Gasteiger partial charge in [-0.25, -0.2) is 4.79 Å². The lowest BCUT2D eigenvalue weighted by atomic mass is 10.1. The lowest BCUT2D eigenvalue weighted by Crippen LogP contribution is -2.29. The fourth-order valence-electron chi connectivity index (χ4n) is 1.94. The first-order chi connectivity index (χ1) is 10.5. The van der Waals surface area contributed by atoms with Gasteiger partial charge in [-0.3, -0.25) is 0 Å². The number of hydrogen-bond acceptors (Lipinski definition) is 3. The quantitative estimate of drug-likeness (QED) is 0.860. The molecule has 0 saturated carbocycles. The predicted octanol–water partition coefficient (Wildman–Crippen LogP) is 4.08. The van der Waals surface area contributed by atoms with Crippen molar-refractivity contribution in [3.63, 3.8) is 0 Å². The van der Waals surface area contributed by atoms with Crippen LogP contribution in [0.4, 0.5) is 0 Å². The zero-order valence-electron chi connectivity index (χ0n) is 11.8. The summed E-state index contributed by atoms with van der Waals surface area (Å²) in [6, 6.07) is 11.6. The molecule has 1 atom stereocenters. The molecule has 0 aromatic heterocycles. The van der Waals surface area contributed by atoms with Crippen LogP contribution >= 0.6 is 23.2 Å². The van der Waals surface area contributed by atoms with Crippen LogP contribution in [0.1, 0.15) is 5.56 Å². The van der Waals surface area contributed by atoms with Crippen LogP contribution in [0.15, 0.2) is 42.5 Å². The molecule has 2 aromatic rings. The van der Waals surface area contributed by atoms with Gasteiger partial charge in [0.15, 0.2) is 6.10 Å². The SMILES string of the molecule is COc1ccc(OC(Cc2cc(Cl)cc(Cl)c2)C(=O)O)cc1. The molecule has 1 N–H and O–H groups in total. The Balaban J connectivity index is 2.13. The zero-order chi connectivity index (χ0) is 16.1. The maximum absolute atomic E-state index is 11.4. The highest BCUT2D eigenvalue weighted by Gasteiger charge is 2.20. The maximum Gasteiger partial charge on any atom is 0.345 e. The van der Waals surface area contributed by atoms with E-state index in [1.807, 2.05) is 0 Å². The first kappa shape index (κ1) is 16.5. The summed E-state index contributed by atoms with van der Waals surface area (Å²) in [7, 11) is 1.55. The summed E-state index contributed by atoms with van der Waals surface area (Å²) in [6.45, 7) is 0. The number of halogens is 2. The molecule has 0 heterocycles. The van der Waals surface area contributed by atoms with E-state index in [2.05, 4.69) is 0 Å². The third-order valence-electron chi connectivity index (χ3n) is 2.96. The molecule has 0 saturated heterocycles. The number of hydrogen-bond donors (Lipinski definition) is 1. The average molecular weight is 341 g/mol. The molecule has 0 amide bonds. The second-order valence-corrected chi connectivity index (χ2v) is 5.47. The minimum Gasteiger partial charge on any atom is -0.497 e. The fraction of sp³-hybridized carbons (Fsp3) is 0.188. The lowest BCUT2D eigenvalue weighted by Gasteiger charge is -2.16. The molecule has 2 aromatic carbocycles. The Kier molecular flexibility index (Phi) is 5.52. The Morgan fingerprint density at radius 1 is 1.09 bits per heavy atom.